The van der Waals surface area contributed by atoms with Crippen LogP contribution in [0.3, 0.4) is 0 Å². The molecule has 1 heterocycles. The Kier molecular flexibility index (Phi) is 5.18. The zero-order chi connectivity index (χ0) is 16.2. The first-order chi connectivity index (χ1) is 9.72. The number of carbonyl (C=O) groups excluding carboxylic acids is 1. The highest BCUT2D eigenvalue weighted by molar-refractivity contribution is 5.74. The Balaban J connectivity index is 3.49. The van der Waals surface area contributed by atoms with Crippen LogP contribution in [0.5, 0.6) is 0 Å². The Morgan fingerprint density at radius 1 is 1.48 bits per heavy atom. The molecule has 0 bridgehead atoms. The molecule has 0 aliphatic heterocycles. The van der Waals surface area contributed by atoms with E-state index in [1.807, 2.05) is 0 Å². The van der Waals surface area contributed by atoms with Crippen molar-refractivity contribution in [3.8, 4) is 6.07 Å². The van der Waals surface area contributed by atoms with Crippen molar-refractivity contribution >= 4 is 5.97 Å². The van der Waals surface area contributed by atoms with E-state index < -0.39 is 47.4 Å². The summed E-state index contributed by atoms with van der Waals surface area (Å²) in [6.07, 6.45) is -8.91. The molecule has 114 valence electrons. The summed E-state index contributed by atoms with van der Waals surface area (Å²) in [5.41, 5.74) is -4.30. The van der Waals surface area contributed by atoms with E-state index in [1.54, 1.807) is 0 Å². The molecular weight excluding hydrogens is 299 g/mol. The molecule has 1 aromatic rings. The lowest BCUT2D eigenvalue weighted by molar-refractivity contribution is -0.143. The van der Waals surface area contributed by atoms with Gasteiger partial charge in [-0.3, -0.25) is 9.78 Å². The third-order valence-corrected chi connectivity index (χ3v) is 2.47. The van der Waals surface area contributed by atoms with Gasteiger partial charge in [0.1, 0.15) is 11.8 Å². The predicted octanol–water partition coefficient (Wildman–Crippen LogP) is 3.02. The number of nitriles is 1. The highest BCUT2D eigenvalue weighted by atomic mass is 19.4. The molecule has 0 aliphatic rings. The second-order valence-electron chi connectivity index (χ2n) is 3.80. The van der Waals surface area contributed by atoms with Crippen LogP contribution in [0.4, 0.5) is 22.0 Å². The normalized spacial score (nSPS) is 11.3. The van der Waals surface area contributed by atoms with Crippen LogP contribution in [0, 0.1) is 11.3 Å². The van der Waals surface area contributed by atoms with Crippen LogP contribution >= 0.6 is 0 Å². The fourth-order valence-corrected chi connectivity index (χ4v) is 1.64. The number of alkyl halides is 5. The van der Waals surface area contributed by atoms with Gasteiger partial charge in [-0.05, 0) is 12.5 Å². The Morgan fingerprint density at radius 2 is 2.10 bits per heavy atom. The van der Waals surface area contributed by atoms with Crippen LogP contribution in [-0.2, 0) is 22.1 Å². The van der Waals surface area contributed by atoms with Crippen molar-refractivity contribution in [2.24, 2.45) is 0 Å². The van der Waals surface area contributed by atoms with Crippen molar-refractivity contribution in [3.63, 3.8) is 0 Å². The van der Waals surface area contributed by atoms with Gasteiger partial charge in [0.2, 0.25) is 0 Å². The van der Waals surface area contributed by atoms with E-state index in [9.17, 15) is 26.7 Å². The van der Waals surface area contributed by atoms with Crippen LogP contribution in [0.2, 0.25) is 0 Å². The zero-order valence-electron chi connectivity index (χ0n) is 10.7. The summed E-state index contributed by atoms with van der Waals surface area (Å²) in [5.74, 6) is -1.05. The third-order valence-electron chi connectivity index (χ3n) is 2.47. The summed E-state index contributed by atoms with van der Waals surface area (Å²) >= 11 is 0. The van der Waals surface area contributed by atoms with Crippen molar-refractivity contribution < 1.29 is 31.5 Å². The minimum absolute atomic E-state index is 0.0884. The maximum absolute atomic E-state index is 12.8. The minimum Gasteiger partial charge on any atom is -0.466 e. The van der Waals surface area contributed by atoms with Crippen molar-refractivity contribution in [2.75, 3.05) is 6.61 Å². The molecule has 0 aromatic carbocycles. The molecule has 0 aliphatic carbocycles. The fraction of sp³-hybridized carbons (Fsp3) is 0.417. The van der Waals surface area contributed by atoms with Gasteiger partial charge in [0, 0.05) is 6.20 Å². The van der Waals surface area contributed by atoms with Gasteiger partial charge in [-0.25, -0.2) is 8.78 Å². The summed E-state index contributed by atoms with van der Waals surface area (Å²) in [4.78, 5) is 14.3. The highest BCUT2D eigenvalue weighted by Crippen LogP contribution is 2.35. The van der Waals surface area contributed by atoms with Crippen molar-refractivity contribution in [3.05, 3.63) is 28.6 Å². The molecule has 1 aromatic heterocycles. The van der Waals surface area contributed by atoms with Gasteiger partial charge in [0.25, 0.3) is 6.43 Å². The quantitative estimate of drug-likeness (QED) is 0.633. The molecule has 0 atom stereocenters. The van der Waals surface area contributed by atoms with Crippen molar-refractivity contribution in [2.45, 2.75) is 25.9 Å². The van der Waals surface area contributed by atoms with Gasteiger partial charge < -0.3 is 4.74 Å². The number of hydrogen-bond acceptors (Lipinski definition) is 4. The molecule has 1 rings (SSSR count). The summed E-state index contributed by atoms with van der Waals surface area (Å²) in [5, 5.41) is 8.84. The Hall–Kier alpha value is -2.24. The number of aromatic nitrogens is 1. The number of pyridine rings is 1. The maximum Gasteiger partial charge on any atom is 0.418 e. The van der Waals surface area contributed by atoms with Gasteiger partial charge in [0.05, 0.1) is 24.2 Å². The third kappa shape index (κ3) is 3.87. The molecule has 9 heteroatoms. The lowest BCUT2D eigenvalue weighted by atomic mass is 9.98. The topological polar surface area (TPSA) is 63.0 Å². The Bertz CT molecular complexity index is 578. The Morgan fingerprint density at radius 3 is 2.52 bits per heavy atom. The van der Waals surface area contributed by atoms with Crippen molar-refractivity contribution in [1.29, 1.82) is 5.26 Å². The van der Waals surface area contributed by atoms with E-state index in [0.717, 1.165) is 0 Å². The fourth-order valence-electron chi connectivity index (χ4n) is 1.64. The van der Waals surface area contributed by atoms with Crippen LogP contribution < -0.4 is 0 Å². The lowest BCUT2D eigenvalue weighted by Gasteiger charge is -2.15. The molecule has 4 nitrogen and oxygen atoms in total. The molecule has 0 N–H and O–H groups in total. The van der Waals surface area contributed by atoms with E-state index in [1.165, 1.54) is 13.0 Å². The van der Waals surface area contributed by atoms with E-state index in [0.29, 0.717) is 0 Å². The lowest BCUT2D eigenvalue weighted by Crippen LogP contribution is -2.18. The number of nitrogens with zero attached hydrogens (tertiary/aromatic N) is 2. The summed E-state index contributed by atoms with van der Waals surface area (Å²) in [7, 11) is 0. The summed E-state index contributed by atoms with van der Waals surface area (Å²) in [6, 6.07) is 1.26. The largest absolute Gasteiger partial charge is 0.466 e. The molecule has 0 saturated heterocycles. The number of hydrogen-bond donors (Lipinski definition) is 0. The van der Waals surface area contributed by atoms with Crippen LogP contribution in [0.15, 0.2) is 6.20 Å². The molecule has 21 heavy (non-hydrogen) atoms. The van der Waals surface area contributed by atoms with E-state index in [2.05, 4.69) is 9.72 Å². The molecule has 0 spiro atoms. The molecule has 0 fully saturated rings. The van der Waals surface area contributed by atoms with Crippen LogP contribution in [-0.4, -0.2) is 17.6 Å². The van der Waals surface area contributed by atoms with Crippen LogP contribution in [0.25, 0.3) is 0 Å². The average molecular weight is 308 g/mol. The first kappa shape index (κ1) is 16.8. The number of ether oxygens (including phenoxy) is 1. The molecule has 0 radical (unpaired) electrons. The van der Waals surface area contributed by atoms with E-state index in [4.69, 9.17) is 5.26 Å². The van der Waals surface area contributed by atoms with Gasteiger partial charge in [-0.15, -0.1) is 0 Å². The SMILES string of the molecule is CCOC(=O)Cc1c(C(F)(F)F)cnc(C(F)F)c1C#N. The standard InChI is InChI=1S/C12H9F5N2O2/c1-2-21-9(20)3-6-7(4-18)10(11(13)14)19-5-8(6)12(15,16)17/h5,11H,2-3H2,1H3. The number of halogens is 5. The number of carbonyl (C=O) groups is 1. The minimum atomic E-state index is -4.93. The average Bonchev–Trinajstić information content (AvgIpc) is 2.36. The second-order valence-corrected chi connectivity index (χ2v) is 3.80. The highest BCUT2D eigenvalue weighted by Gasteiger charge is 2.37. The summed E-state index contributed by atoms with van der Waals surface area (Å²) < 4.78 is 68.4. The molecular formula is C12H9F5N2O2. The van der Waals surface area contributed by atoms with Gasteiger partial charge in [0.15, 0.2) is 0 Å². The predicted molar refractivity (Wildman–Crippen MR) is 59.2 cm³/mol. The molecule has 0 unspecified atom stereocenters. The zero-order valence-corrected chi connectivity index (χ0v) is 10.7. The summed E-state index contributed by atoms with van der Waals surface area (Å²) in [6.45, 7) is 1.35. The monoisotopic (exact) mass is 308 g/mol. The first-order valence-electron chi connectivity index (χ1n) is 5.65. The number of rotatable bonds is 4. The van der Waals surface area contributed by atoms with Gasteiger partial charge in [-0.2, -0.15) is 18.4 Å². The van der Waals surface area contributed by atoms with Gasteiger partial charge >= 0.3 is 12.1 Å². The smallest absolute Gasteiger partial charge is 0.418 e. The van der Waals surface area contributed by atoms with Crippen LogP contribution in [0.1, 0.15) is 35.7 Å². The number of esters is 1. The molecule has 0 amide bonds. The van der Waals surface area contributed by atoms with E-state index in [-0.39, 0.29) is 12.8 Å². The van der Waals surface area contributed by atoms with Gasteiger partial charge in [-0.1, -0.05) is 0 Å². The van der Waals surface area contributed by atoms with E-state index >= 15 is 0 Å². The van der Waals surface area contributed by atoms with Crippen molar-refractivity contribution in [1.82, 2.24) is 4.98 Å². The molecule has 0 saturated carbocycles. The maximum atomic E-state index is 12.8. The Labute approximate surface area is 116 Å². The second kappa shape index (κ2) is 6.47. The first-order valence-corrected chi connectivity index (χ1v) is 5.65.